The number of hydrogen-bond donors (Lipinski definition) is 2. The van der Waals surface area contributed by atoms with Crippen molar-refractivity contribution in [2.24, 2.45) is 5.92 Å². The minimum absolute atomic E-state index is 0.131. The Morgan fingerprint density at radius 1 is 1.24 bits per heavy atom. The highest BCUT2D eigenvalue weighted by Crippen LogP contribution is 2.36. The Bertz CT molecular complexity index is 1180. The number of nitrogens with one attached hydrogen (secondary N) is 1. The van der Waals surface area contributed by atoms with Gasteiger partial charge in [-0.1, -0.05) is 0 Å². The third-order valence-electron chi connectivity index (χ3n) is 6.69. The first-order chi connectivity index (χ1) is 15.9. The number of thiazole rings is 1. The molecule has 0 bridgehead atoms. The summed E-state index contributed by atoms with van der Waals surface area (Å²) in [5.41, 5.74) is 1.16. The molecule has 2 fully saturated rings. The summed E-state index contributed by atoms with van der Waals surface area (Å²) in [5.74, 6) is 1.70. The van der Waals surface area contributed by atoms with Gasteiger partial charge in [-0.2, -0.15) is 5.10 Å². The third-order valence-corrected chi connectivity index (χ3v) is 7.58. The maximum absolute atomic E-state index is 13.4. The van der Waals surface area contributed by atoms with Crippen LogP contribution in [0.3, 0.4) is 0 Å². The van der Waals surface area contributed by atoms with Crippen molar-refractivity contribution in [2.75, 3.05) is 25.0 Å². The molecule has 3 aromatic heterocycles. The Labute approximate surface area is 195 Å². The quantitative estimate of drug-likeness (QED) is 0.570. The lowest BCUT2D eigenvalue weighted by Gasteiger charge is -2.32. The van der Waals surface area contributed by atoms with Crippen LogP contribution in [0.4, 0.5) is 10.6 Å². The predicted molar refractivity (Wildman–Crippen MR) is 125 cm³/mol. The van der Waals surface area contributed by atoms with Gasteiger partial charge >= 0.3 is 6.09 Å². The van der Waals surface area contributed by atoms with E-state index in [-0.39, 0.29) is 11.9 Å². The van der Waals surface area contributed by atoms with Crippen LogP contribution in [0.2, 0.25) is 0 Å². The number of likely N-dealkylation sites (tertiary alicyclic amines) is 1. The Balaban J connectivity index is 1.46. The largest absolute Gasteiger partial charge is 0.465 e. The second-order valence-corrected chi connectivity index (χ2v) is 9.75. The summed E-state index contributed by atoms with van der Waals surface area (Å²) in [4.78, 5) is 38.7. The normalized spacial score (nSPS) is 17.8. The van der Waals surface area contributed by atoms with Crippen molar-refractivity contribution in [3.8, 4) is 11.4 Å². The van der Waals surface area contributed by atoms with E-state index < -0.39 is 6.09 Å². The molecular weight excluding hydrogens is 442 g/mol. The maximum Gasteiger partial charge on any atom is 0.404 e. The van der Waals surface area contributed by atoms with Crippen molar-refractivity contribution in [2.45, 2.75) is 44.7 Å². The number of carbonyl (C=O) groups excluding carboxylic acids is 1. The molecule has 2 amide bonds. The van der Waals surface area contributed by atoms with E-state index in [0.29, 0.717) is 49.4 Å². The van der Waals surface area contributed by atoms with Crippen LogP contribution in [0.25, 0.3) is 16.2 Å². The highest BCUT2D eigenvalue weighted by atomic mass is 32.1. The summed E-state index contributed by atoms with van der Waals surface area (Å²) in [5, 5.41) is 17.8. The van der Waals surface area contributed by atoms with Crippen LogP contribution in [-0.2, 0) is 0 Å². The number of anilines is 1. The molecule has 1 atom stereocenters. The lowest BCUT2D eigenvalue weighted by molar-refractivity contribution is 0.0700. The standard InChI is InChI=1S/C22H27N7O3S/c1-13(14-3-4-14)27(2)18-11-17(20(30)28-7-5-15(6-8-28)24-22(31)32)25-19(26-18)16-12-23-29-9-10-33-21(16)29/h9-15,24H,3-8H2,1-2H3,(H,31,32)/t13-/m0/s1. The fourth-order valence-electron chi connectivity index (χ4n) is 4.39. The van der Waals surface area contributed by atoms with E-state index in [1.807, 2.05) is 18.6 Å². The van der Waals surface area contributed by atoms with Crippen LogP contribution >= 0.6 is 11.3 Å². The average molecular weight is 470 g/mol. The van der Waals surface area contributed by atoms with E-state index in [9.17, 15) is 9.59 Å². The molecule has 1 saturated heterocycles. The summed E-state index contributed by atoms with van der Waals surface area (Å²) >= 11 is 1.55. The molecule has 2 N–H and O–H groups in total. The molecule has 0 spiro atoms. The number of carboxylic acid groups (broad SMARTS) is 1. The zero-order chi connectivity index (χ0) is 23.1. The Morgan fingerprint density at radius 3 is 2.70 bits per heavy atom. The summed E-state index contributed by atoms with van der Waals surface area (Å²) < 4.78 is 1.79. The molecule has 1 saturated carbocycles. The minimum atomic E-state index is -1.03. The van der Waals surface area contributed by atoms with Gasteiger partial charge in [0.15, 0.2) is 5.82 Å². The van der Waals surface area contributed by atoms with Crippen molar-refractivity contribution >= 4 is 34.0 Å². The first kappa shape index (κ1) is 21.6. The van der Waals surface area contributed by atoms with E-state index >= 15 is 0 Å². The molecule has 1 aliphatic carbocycles. The molecule has 4 heterocycles. The van der Waals surface area contributed by atoms with E-state index in [1.165, 1.54) is 12.8 Å². The van der Waals surface area contributed by atoms with Gasteiger partial charge in [-0.25, -0.2) is 19.3 Å². The van der Waals surface area contributed by atoms with Crippen molar-refractivity contribution in [3.05, 3.63) is 29.5 Å². The Morgan fingerprint density at radius 2 is 2.00 bits per heavy atom. The molecule has 3 aromatic rings. The van der Waals surface area contributed by atoms with Crippen molar-refractivity contribution in [1.82, 2.24) is 29.8 Å². The second-order valence-electron chi connectivity index (χ2n) is 8.85. The maximum atomic E-state index is 13.4. The highest BCUT2D eigenvalue weighted by Gasteiger charge is 2.32. The van der Waals surface area contributed by atoms with Gasteiger partial charge in [0.2, 0.25) is 0 Å². The number of hydrogen-bond acceptors (Lipinski definition) is 7. The lowest BCUT2D eigenvalue weighted by Crippen LogP contribution is -2.46. The fraction of sp³-hybridized carbons (Fsp3) is 0.500. The number of rotatable bonds is 6. The topological polar surface area (TPSA) is 116 Å². The minimum Gasteiger partial charge on any atom is -0.465 e. The van der Waals surface area contributed by atoms with Gasteiger partial charge in [-0.15, -0.1) is 11.3 Å². The zero-order valence-electron chi connectivity index (χ0n) is 18.6. The van der Waals surface area contributed by atoms with E-state index in [1.54, 1.807) is 33.0 Å². The molecule has 2 aliphatic rings. The summed E-state index contributed by atoms with van der Waals surface area (Å²) in [6.45, 7) is 3.16. The van der Waals surface area contributed by atoms with Gasteiger partial charge in [-0.05, 0) is 38.5 Å². The number of carbonyl (C=O) groups is 2. The third kappa shape index (κ3) is 4.37. The molecule has 0 unspecified atom stereocenters. The SMILES string of the molecule is C[C@@H](C1CC1)N(C)c1cc(C(=O)N2CCC(NC(=O)O)CC2)nc(-c2cnn3ccsc23)n1. The number of fused-ring (bicyclic) bond motifs is 1. The first-order valence-corrected chi connectivity index (χ1v) is 12.1. The molecule has 174 valence electrons. The predicted octanol–water partition coefficient (Wildman–Crippen LogP) is 2.96. The molecular formula is C22H27N7O3S. The van der Waals surface area contributed by atoms with E-state index in [0.717, 1.165) is 16.2 Å². The molecule has 5 rings (SSSR count). The smallest absolute Gasteiger partial charge is 0.404 e. The second kappa shape index (κ2) is 8.62. The molecule has 1 aliphatic heterocycles. The summed E-state index contributed by atoms with van der Waals surface area (Å²) in [7, 11) is 2.02. The molecule has 33 heavy (non-hydrogen) atoms. The van der Waals surface area contributed by atoms with Crippen LogP contribution < -0.4 is 10.2 Å². The average Bonchev–Trinajstić information content (AvgIpc) is 3.42. The van der Waals surface area contributed by atoms with Crippen LogP contribution in [0.5, 0.6) is 0 Å². The van der Waals surface area contributed by atoms with Crippen LogP contribution in [0, 0.1) is 5.92 Å². The van der Waals surface area contributed by atoms with Crippen molar-refractivity contribution in [1.29, 1.82) is 0 Å². The van der Waals surface area contributed by atoms with Crippen molar-refractivity contribution < 1.29 is 14.7 Å². The van der Waals surface area contributed by atoms with Gasteiger partial charge in [0.1, 0.15) is 16.3 Å². The molecule has 0 aromatic carbocycles. The van der Waals surface area contributed by atoms with E-state index in [4.69, 9.17) is 10.1 Å². The molecule has 11 heteroatoms. The summed E-state index contributed by atoms with van der Waals surface area (Å²) in [6, 6.07) is 1.97. The van der Waals surface area contributed by atoms with E-state index in [2.05, 4.69) is 27.2 Å². The highest BCUT2D eigenvalue weighted by molar-refractivity contribution is 7.16. The summed E-state index contributed by atoms with van der Waals surface area (Å²) in [6.07, 6.45) is 6.20. The number of amides is 2. The van der Waals surface area contributed by atoms with Crippen LogP contribution in [-0.4, -0.2) is 73.8 Å². The van der Waals surface area contributed by atoms with Gasteiger partial charge in [-0.3, -0.25) is 4.79 Å². The lowest BCUT2D eigenvalue weighted by atomic mass is 10.0. The Hall–Kier alpha value is -3.21. The van der Waals surface area contributed by atoms with Crippen LogP contribution in [0.1, 0.15) is 43.1 Å². The zero-order valence-corrected chi connectivity index (χ0v) is 19.5. The Kier molecular flexibility index (Phi) is 5.65. The fourth-order valence-corrected chi connectivity index (χ4v) is 5.18. The van der Waals surface area contributed by atoms with Gasteiger partial charge in [0, 0.05) is 49.9 Å². The van der Waals surface area contributed by atoms with Gasteiger partial charge in [0.05, 0.1) is 11.8 Å². The van der Waals surface area contributed by atoms with Crippen LogP contribution in [0.15, 0.2) is 23.8 Å². The van der Waals surface area contributed by atoms with Gasteiger partial charge in [0.25, 0.3) is 5.91 Å². The monoisotopic (exact) mass is 469 g/mol. The molecule has 10 nitrogen and oxygen atoms in total. The number of nitrogens with zero attached hydrogens (tertiary/aromatic N) is 6. The number of aromatic nitrogens is 4. The molecule has 0 radical (unpaired) electrons. The first-order valence-electron chi connectivity index (χ1n) is 11.2. The van der Waals surface area contributed by atoms with Crippen molar-refractivity contribution in [3.63, 3.8) is 0 Å². The van der Waals surface area contributed by atoms with Gasteiger partial charge < -0.3 is 20.2 Å². The number of piperidine rings is 1.